The van der Waals surface area contributed by atoms with Crippen LogP contribution >= 0.6 is 11.6 Å². The zero-order valence-electron chi connectivity index (χ0n) is 21.2. The van der Waals surface area contributed by atoms with E-state index in [1.165, 1.54) is 9.31 Å². The molecule has 0 radical (unpaired) electrons. The van der Waals surface area contributed by atoms with Crippen LogP contribution in [0.1, 0.15) is 12.8 Å². The number of ether oxygens (including phenoxy) is 2. The number of urea groups is 1. The van der Waals surface area contributed by atoms with Gasteiger partial charge < -0.3 is 29.6 Å². The molecule has 0 bridgehead atoms. The Morgan fingerprint density at radius 3 is 2.72 bits per heavy atom. The number of amides is 3. The number of carbonyl (C=O) groups excluding carboxylic acids is 2. The predicted octanol–water partition coefficient (Wildman–Crippen LogP) is 0.822. The molecule has 0 saturated carbocycles. The number of piperazine rings is 1. The van der Waals surface area contributed by atoms with Crippen molar-refractivity contribution in [1.29, 1.82) is 0 Å². The van der Waals surface area contributed by atoms with Gasteiger partial charge in [-0.25, -0.2) is 18.2 Å². The number of sulfonamides is 1. The maximum atomic E-state index is 13.7. The first kappa shape index (κ1) is 26.0. The van der Waals surface area contributed by atoms with Crippen LogP contribution in [0, 0.1) is 0 Å². The van der Waals surface area contributed by atoms with E-state index in [0.29, 0.717) is 67.8 Å². The lowest BCUT2D eigenvalue weighted by molar-refractivity contribution is -0.136. The van der Waals surface area contributed by atoms with E-state index in [0.717, 1.165) is 5.70 Å². The molecule has 5 heterocycles. The molecule has 3 N–H and O–H groups in total. The summed E-state index contributed by atoms with van der Waals surface area (Å²) in [5, 5.41) is 5.81. The molecular formula is C24H30ClN7O6S. The highest BCUT2D eigenvalue weighted by Gasteiger charge is 2.41. The van der Waals surface area contributed by atoms with Crippen molar-refractivity contribution < 1.29 is 27.5 Å². The number of aromatic amines is 1. The Labute approximate surface area is 230 Å². The molecule has 39 heavy (non-hydrogen) atoms. The standard InChI is InChI=1S/C24H30ClN7O6S/c25-17-1-2-19-16(11-17)12-21(27-19)39(35,36)30-5-6-31(18(14-30)13-22(33)29-7-9-37-10-8-29)24(34)32-4-3-20-23(28-32)38-15-26-20/h1-2,11-12,18,26-28H,3-10,13-15H2. The minimum Gasteiger partial charge on any atom is -0.456 e. The van der Waals surface area contributed by atoms with E-state index in [9.17, 15) is 18.0 Å². The van der Waals surface area contributed by atoms with E-state index in [-0.39, 0.29) is 43.0 Å². The summed E-state index contributed by atoms with van der Waals surface area (Å²) in [7, 11) is -3.93. The fraction of sp³-hybridized carbons (Fsp3) is 0.500. The molecule has 210 valence electrons. The molecule has 1 aromatic heterocycles. The van der Waals surface area contributed by atoms with Crippen molar-refractivity contribution in [2.45, 2.75) is 23.9 Å². The predicted molar refractivity (Wildman–Crippen MR) is 141 cm³/mol. The lowest BCUT2D eigenvalue weighted by Crippen LogP contribution is -2.62. The second-order valence-corrected chi connectivity index (χ2v) is 12.2. The molecule has 1 atom stereocenters. The van der Waals surface area contributed by atoms with E-state index in [4.69, 9.17) is 21.1 Å². The number of carbonyl (C=O) groups is 2. The monoisotopic (exact) mass is 579 g/mol. The number of rotatable bonds is 4. The topological polar surface area (TPSA) is 140 Å². The summed E-state index contributed by atoms with van der Waals surface area (Å²) < 4.78 is 39.6. The normalized spacial score (nSPS) is 22.4. The number of benzene rings is 1. The molecule has 3 amide bonds. The van der Waals surface area contributed by atoms with Gasteiger partial charge in [0, 0.05) is 68.0 Å². The molecule has 13 nitrogen and oxygen atoms in total. The molecule has 2 fully saturated rings. The number of nitrogens with zero attached hydrogens (tertiary/aromatic N) is 4. The van der Waals surface area contributed by atoms with Crippen molar-refractivity contribution >= 4 is 44.5 Å². The van der Waals surface area contributed by atoms with Gasteiger partial charge in [-0.3, -0.25) is 10.2 Å². The largest absolute Gasteiger partial charge is 0.456 e. The molecule has 1 aromatic carbocycles. The van der Waals surface area contributed by atoms with Crippen molar-refractivity contribution in [3.63, 3.8) is 0 Å². The van der Waals surface area contributed by atoms with Crippen LogP contribution in [-0.2, 0) is 24.3 Å². The number of nitrogens with one attached hydrogen (secondary N) is 3. The highest BCUT2D eigenvalue weighted by Crippen LogP contribution is 2.27. The van der Waals surface area contributed by atoms with Crippen LogP contribution in [0.5, 0.6) is 0 Å². The Morgan fingerprint density at radius 1 is 1.08 bits per heavy atom. The highest BCUT2D eigenvalue weighted by atomic mass is 35.5. The summed E-state index contributed by atoms with van der Waals surface area (Å²) in [6.45, 7) is 2.80. The lowest BCUT2D eigenvalue weighted by Gasteiger charge is -2.43. The van der Waals surface area contributed by atoms with E-state index in [1.807, 2.05) is 0 Å². The third-order valence-electron chi connectivity index (χ3n) is 7.47. The first-order chi connectivity index (χ1) is 18.8. The number of halogens is 1. The third-order valence-corrected chi connectivity index (χ3v) is 9.49. The maximum Gasteiger partial charge on any atom is 0.339 e. The summed E-state index contributed by atoms with van der Waals surface area (Å²) in [6, 6.07) is 5.69. The minimum absolute atomic E-state index is 0.0000876. The maximum absolute atomic E-state index is 13.7. The van der Waals surface area contributed by atoms with Gasteiger partial charge in [-0.1, -0.05) is 11.6 Å². The van der Waals surface area contributed by atoms with Gasteiger partial charge in [-0.2, -0.15) is 4.31 Å². The van der Waals surface area contributed by atoms with Gasteiger partial charge in [-0.15, -0.1) is 0 Å². The van der Waals surface area contributed by atoms with Crippen LogP contribution in [0.15, 0.2) is 40.9 Å². The molecule has 2 saturated heterocycles. The molecule has 0 aliphatic carbocycles. The van der Waals surface area contributed by atoms with Crippen molar-refractivity contribution in [2.75, 3.05) is 59.2 Å². The smallest absolute Gasteiger partial charge is 0.339 e. The van der Waals surface area contributed by atoms with Crippen LogP contribution in [-0.4, -0.2) is 110 Å². The zero-order valence-corrected chi connectivity index (χ0v) is 22.8. The van der Waals surface area contributed by atoms with Crippen LogP contribution in [0.25, 0.3) is 10.9 Å². The minimum atomic E-state index is -3.93. The van der Waals surface area contributed by atoms with Gasteiger partial charge in [0.25, 0.3) is 10.0 Å². The summed E-state index contributed by atoms with van der Waals surface area (Å²) in [6.07, 6.45) is 0.601. The highest BCUT2D eigenvalue weighted by molar-refractivity contribution is 7.89. The summed E-state index contributed by atoms with van der Waals surface area (Å²) in [4.78, 5) is 33.1. The van der Waals surface area contributed by atoms with E-state index in [2.05, 4.69) is 15.7 Å². The van der Waals surface area contributed by atoms with Crippen LogP contribution in [0.4, 0.5) is 4.79 Å². The van der Waals surface area contributed by atoms with Gasteiger partial charge in [0.2, 0.25) is 11.8 Å². The first-order valence-electron chi connectivity index (χ1n) is 12.9. The lowest BCUT2D eigenvalue weighted by atomic mass is 10.1. The molecule has 2 aromatic rings. The van der Waals surface area contributed by atoms with Crippen molar-refractivity contribution in [3.8, 4) is 0 Å². The Hall–Kier alpha value is -3.20. The second kappa shape index (κ2) is 10.4. The Bertz CT molecular complexity index is 1420. The number of morpholine rings is 1. The van der Waals surface area contributed by atoms with E-state index >= 15 is 0 Å². The average molecular weight is 580 g/mol. The fourth-order valence-electron chi connectivity index (χ4n) is 5.34. The Kier molecular flexibility index (Phi) is 6.95. The third kappa shape index (κ3) is 5.09. The summed E-state index contributed by atoms with van der Waals surface area (Å²) in [5.74, 6) is 0.371. The average Bonchev–Trinajstić information content (AvgIpc) is 3.60. The molecule has 6 rings (SSSR count). The van der Waals surface area contributed by atoms with Crippen molar-refractivity contribution in [2.24, 2.45) is 0 Å². The van der Waals surface area contributed by atoms with E-state index < -0.39 is 16.1 Å². The SMILES string of the molecule is O=C(CC1CN(S(=O)(=O)c2cc3cc(Cl)ccc3[nH]2)CCN1C(=O)N1CCC2=C(N1)OCN2)N1CCOCC1. The molecular weight excluding hydrogens is 550 g/mol. The number of hydrazine groups is 1. The van der Waals surface area contributed by atoms with Crippen LogP contribution < -0.4 is 10.7 Å². The van der Waals surface area contributed by atoms with Gasteiger partial charge in [-0.05, 0) is 24.3 Å². The molecule has 0 spiro atoms. The number of fused-ring (bicyclic) bond motifs is 1. The zero-order chi connectivity index (χ0) is 27.1. The van der Waals surface area contributed by atoms with Gasteiger partial charge in [0.1, 0.15) is 5.03 Å². The van der Waals surface area contributed by atoms with Crippen LogP contribution in [0.2, 0.25) is 5.02 Å². The summed E-state index contributed by atoms with van der Waals surface area (Å²) in [5.41, 5.74) is 4.58. The Morgan fingerprint density at radius 2 is 1.90 bits per heavy atom. The van der Waals surface area contributed by atoms with Crippen molar-refractivity contribution in [3.05, 3.63) is 40.9 Å². The van der Waals surface area contributed by atoms with Gasteiger partial charge in [0.15, 0.2) is 6.73 Å². The Balaban J connectivity index is 1.23. The van der Waals surface area contributed by atoms with Crippen LogP contribution in [0.3, 0.4) is 0 Å². The fourth-order valence-corrected chi connectivity index (χ4v) is 7.00. The molecule has 1 unspecified atom stereocenters. The number of hydrogen-bond donors (Lipinski definition) is 3. The molecule has 4 aliphatic rings. The van der Waals surface area contributed by atoms with E-state index in [1.54, 1.807) is 34.1 Å². The molecule has 4 aliphatic heterocycles. The second-order valence-electron chi connectivity index (χ2n) is 9.84. The molecule has 15 heteroatoms. The number of hydrogen-bond acceptors (Lipinski definition) is 8. The van der Waals surface area contributed by atoms with Gasteiger partial charge in [0.05, 0.1) is 25.0 Å². The number of H-pyrrole nitrogens is 1. The quantitative estimate of drug-likeness (QED) is 0.484. The number of aromatic nitrogens is 1. The van der Waals surface area contributed by atoms with Crippen molar-refractivity contribution in [1.82, 2.24) is 34.8 Å². The van der Waals surface area contributed by atoms with Gasteiger partial charge >= 0.3 is 6.03 Å². The first-order valence-corrected chi connectivity index (χ1v) is 14.7. The summed E-state index contributed by atoms with van der Waals surface area (Å²) >= 11 is 6.08.